The van der Waals surface area contributed by atoms with Crippen molar-refractivity contribution in [3.8, 4) is 22.4 Å². The predicted molar refractivity (Wildman–Crippen MR) is 116 cm³/mol. The number of hydrogen-bond donors (Lipinski definition) is 2. The van der Waals surface area contributed by atoms with Gasteiger partial charge in [-0.3, -0.25) is 14.6 Å². The lowest BCUT2D eigenvalue weighted by Gasteiger charge is -2.26. The summed E-state index contributed by atoms with van der Waals surface area (Å²) in [4.78, 5) is 28.2. The minimum atomic E-state index is -0.705. The number of benzene rings is 1. The van der Waals surface area contributed by atoms with Crippen LogP contribution in [-0.4, -0.2) is 32.9 Å². The lowest BCUT2D eigenvalue weighted by atomic mass is 9.82. The molecule has 30 heavy (non-hydrogen) atoms. The molecule has 2 aromatic heterocycles. The maximum atomic E-state index is 12.5. The fourth-order valence-electron chi connectivity index (χ4n) is 3.83. The molecule has 2 N–H and O–H groups in total. The number of carboxylic acids is 1. The fourth-order valence-corrected chi connectivity index (χ4v) is 4.51. The first-order valence-electron chi connectivity index (χ1n) is 10.1. The molecule has 6 nitrogen and oxygen atoms in total. The van der Waals surface area contributed by atoms with E-state index in [0.29, 0.717) is 30.2 Å². The van der Waals surface area contributed by atoms with E-state index >= 15 is 0 Å². The van der Waals surface area contributed by atoms with Crippen LogP contribution in [0.5, 0.6) is 0 Å². The summed E-state index contributed by atoms with van der Waals surface area (Å²) in [7, 11) is 0. The zero-order chi connectivity index (χ0) is 20.9. The van der Waals surface area contributed by atoms with Gasteiger partial charge in [-0.2, -0.15) is 4.37 Å². The molecule has 154 valence electrons. The van der Waals surface area contributed by atoms with Gasteiger partial charge in [0.2, 0.25) is 0 Å². The second-order valence-electron chi connectivity index (χ2n) is 7.66. The van der Waals surface area contributed by atoms with Gasteiger partial charge in [0, 0.05) is 24.5 Å². The zero-order valence-corrected chi connectivity index (χ0v) is 17.3. The van der Waals surface area contributed by atoms with Gasteiger partial charge in [-0.05, 0) is 72.5 Å². The molecule has 1 aliphatic carbocycles. The second kappa shape index (κ2) is 9.17. The van der Waals surface area contributed by atoms with Gasteiger partial charge < -0.3 is 10.4 Å². The molecule has 0 radical (unpaired) electrons. The van der Waals surface area contributed by atoms with Gasteiger partial charge in [0.25, 0.3) is 5.91 Å². The number of nitrogens with zero attached hydrogens (tertiary/aromatic N) is 2. The van der Waals surface area contributed by atoms with Gasteiger partial charge in [-0.25, -0.2) is 0 Å². The van der Waals surface area contributed by atoms with E-state index in [1.54, 1.807) is 12.4 Å². The van der Waals surface area contributed by atoms with Crippen molar-refractivity contribution in [3.05, 3.63) is 59.7 Å². The Morgan fingerprint density at radius 1 is 0.967 bits per heavy atom. The number of carbonyl (C=O) groups is 2. The molecule has 1 aromatic carbocycles. The lowest BCUT2D eigenvalue weighted by molar-refractivity contribution is -0.143. The van der Waals surface area contributed by atoms with Crippen LogP contribution in [0.15, 0.2) is 54.9 Å². The quantitative estimate of drug-likeness (QED) is 0.612. The van der Waals surface area contributed by atoms with Crippen molar-refractivity contribution in [2.45, 2.75) is 25.7 Å². The first kappa shape index (κ1) is 20.2. The van der Waals surface area contributed by atoms with Crippen molar-refractivity contribution in [1.29, 1.82) is 0 Å². The van der Waals surface area contributed by atoms with Crippen LogP contribution in [0.1, 0.15) is 35.4 Å². The van der Waals surface area contributed by atoms with Gasteiger partial charge >= 0.3 is 5.97 Å². The van der Waals surface area contributed by atoms with Crippen LogP contribution in [0.2, 0.25) is 0 Å². The topological polar surface area (TPSA) is 92.2 Å². The van der Waals surface area contributed by atoms with E-state index < -0.39 is 5.97 Å². The molecule has 3 aromatic rings. The summed E-state index contributed by atoms with van der Waals surface area (Å²) >= 11 is 1.20. The second-order valence-corrected chi connectivity index (χ2v) is 8.46. The Bertz CT molecular complexity index is 1010. The number of amides is 1. The van der Waals surface area contributed by atoms with Crippen molar-refractivity contribution in [2.75, 3.05) is 6.54 Å². The van der Waals surface area contributed by atoms with Gasteiger partial charge in [-0.15, -0.1) is 0 Å². The van der Waals surface area contributed by atoms with E-state index in [4.69, 9.17) is 5.11 Å². The van der Waals surface area contributed by atoms with Gasteiger partial charge in [0.15, 0.2) is 0 Å². The molecule has 0 saturated heterocycles. The van der Waals surface area contributed by atoms with Gasteiger partial charge in [0.1, 0.15) is 4.88 Å². The number of aliphatic carboxylic acids is 1. The van der Waals surface area contributed by atoms with E-state index in [1.165, 1.54) is 11.5 Å². The largest absolute Gasteiger partial charge is 0.481 e. The Labute approximate surface area is 179 Å². The van der Waals surface area contributed by atoms with E-state index in [0.717, 1.165) is 35.2 Å². The number of rotatable bonds is 6. The molecule has 1 amide bonds. The highest BCUT2D eigenvalue weighted by atomic mass is 32.1. The fraction of sp³-hybridized carbons (Fsp3) is 0.304. The predicted octanol–water partition coefficient (Wildman–Crippen LogP) is 4.49. The van der Waals surface area contributed by atoms with Crippen LogP contribution >= 0.6 is 11.5 Å². The molecule has 7 heteroatoms. The van der Waals surface area contributed by atoms with Crippen LogP contribution in [0.4, 0.5) is 0 Å². The Morgan fingerprint density at radius 3 is 2.27 bits per heavy atom. The normalized spacial score (nSPS) is 18.7. The van der Waals surface area contributed by atoms with Crippen LogP contribution in [-0.2, 0) is 4.79 Å². The maximum Gasteiger partial charge on any atom is 0.306 e. The van der Waals surface area contributed by atoms with Gasteiger partial charge in [-0.1, -0.05) is 24.3 Å². The molecular weight excluding hydrogens is 398 g/mol. The van der Waals surface area contributed by atoms with E-state index in [1.807, 2.05) is 42.5 Å². The zero-order valence-electron chi connectivity index (χ0n) is 16.5. The average Bonchev–Trinajstić information content (AvgIpc) is 3.29. The van der Waals surface area contributed by atoms with Crippen LogP contribution in [0, 0.1) is 11.8 Å². The van der Waals surface area contributed by atoms with Crippen LogP contribution < -0.4 is 5.32 Å². The Kier molecular flexibility index (Phi) is 6.18. The summed E-state index contributed by atoms with van der Waals surface area (Å²) in [5, 5.41) is 12.1. The molecule has 4 rings (SSSR count). The molecule has 0 bridgehead atoms. The number of nitrogens with one attached hydrogen (secondary N) is 1. The Morgan fingerprint density at radius 2 is 1.60 bits per heavy atom. The van der Waals surface area contributed by atoms with E-state index in [2.05, 4.69) is 14.7 Å². The standard InChI is InChI=1S/C23H23N3O3S/c27-22(25-14-15-1-3-19(4-2-15)23(28)29)21-13-20(26-30-21)18-7-5-16(6-8-18)17-9-11-24-12-10-17/h5-13,15,19H,1-4,14H2,(H,25,27)(H,28,29). The summed E-state index contributed by atoms with van der Waals surface area (Å²) in [6, 6.07) is 13.8. The number of aromatic nitrogens is 2. The van der Waals surface area contributed by atoms with Crippen molar-refractivity contribution in [3.63, 3.8) is 0 Å². The molecule has 2 heterocycles. The number of pyridine rings is 1. The molecule has 0 unspecified atom stereocenters. The highest BCUT2D eigenvalue weighted by Crippen LogP contribution is 2.29. The van der Waals surface area contributed by atoms with Crippen molar-refractivity contribution < 1.29 is 14.7 Å². The Hall–Kier alpha value is -3.06. The number of carboxylic acid groups (broad SMARTS) is 1. The Balaban J connectivity index is 1.33. The maximum absolute atomic E-state index is 12.5. The summed E-state index contributed by atoms with van der Waals surface area (Å²) in [6.45, 7) is 0.582. The van der Waals surface area contributed by atoms with Gasteiger partial charge in [0.05, 0.1) is 11.6 Å². The smallest absolute Gasteiger partial charge is 0.306 e. The van der Waals surface area contributed by atoms with Crippen molar-refractivity contribution in [2.24, 2.45) is 11.8 Å². The minimum absolute atomic E-state index is 0.118. The van der Waals surface area contributed by atoms with Crippen LogP contribution in [0.3, 0.4) is 0 Å². The molecule has 0 aliphatic heterocycles. The third-order valence-electron chi connectivity index (χ3n) is 5.68. The number of hydrogen-bond acceptors (Lipinski definition) is 5. The molecule has 1 fully saturated rings. The highest BCUT2D eigenvalue weighted by Gasteiger charge is 2.26. The summed E-state index contributed by atoms with van der Waals surface area (Å²) < 4.78 is 4.44. The first-order valence-corrected chi connectivity index (χ1v) is 10.9. The van der Waals surface area contributed by atoms with Crippen molar-refractivity contribution >= 4 is 23.4 Å². The molecule has 1 saturated carbocycles. The third kappa shape index (κ3) is 4.74. The average molecular weight is 422 g/mol. The molecule has 0 spiro atoms. The van der Waals surface area contributed by atoms with E-state index in [-0.39, 0.29) is 11.8 Å². The summed E-state index contributed by atoms with van der Waals surface area (Å²) in [5.74, 6) is -0.709. The van der Waals surface area contributed by atoms with Crippen LogP contribution in [0.25, 0.3) is 22.4 Å². The highest BCUT2D eigenvalue weighted by molar-refractivity contribution is 7.08. The summed E-state index contributed by atoms with van der Waals surface area (Å²) in [6.07, 6.45) is 6.61. The first-order chi connectivity index (χ1) is 14.6. The summed E-state index contributed by atoms with van der Waals surface area (Å²) in [5.41, 5.74) is 3.96. The SMILES string of the molecule is O=C(NCC1CCC(C(=O)O)CC1)c1cc(-c2ccc(-c3ccncc3)cc2)ns1. The number of carbonyl (C=O) groups excluding carboxylic acids is 1. The van der Waals surface area contributed by atoms with Crippen molar-refractivity contribution in [1.82, 2.24) is 14.7 Å². The molecule has 0 atom stereocenters. The monoisotopic (exact) mass is 421 g/mol. The van der Waals surface area contributed by atoms with E-state index in [9.17, 15) is 9.59 Å². The lowest BCUT2D eigenvalue weighted by Crippen LogP contribution is -2.32. The third-order valence-corrected chi connectivity index (χ3v) is 6.46. The molecule has 1 aliphatic rings. The molecular formula is C23H23N3O3S. The minimum Gasteiger partial charge on any atom is -0.481 e.